The Hall–Kier alpha value is -1.00. The molecular formula is C14H23F3IN5. The van der Waals surface area contributed by atoms with E-state index in [0.29, 0.717) is 11.9 Å². The lowest BCUT2D eigenvalue weighted by molar-refractivity contribution is -0.142. The highest BCUT2D eigenvalue weighted by Crippen LogP contribution is 2.30. The van der Waals surface area contributed by atoms with Crippen LogP contribution >= 0.6 is 24.0 Å². The van der Waals surface area contributed by atoms with E-state index in [1.165, 1.54) is 24.3 Å². The summed E-state index contributed by atoms with van der Waals surface area (Å²) in [7, 11) is 3.13. The molecule has 0 aliphatic carbocycles. The molecule has 0 saturated carbocycles. The third kappa shape index (κ3) is 5.25. The monoisotopic (exact) mass is 445 g/mol. The second kappa shape index (κ2) is 8.20. The van der Waals surface area contributed by atoms with E-state index in [2.05, 4.69) is 27.2 Å². The van der Waals surface area contributed by atoms with Gasteiger partial charge in [0.05, 0.1) is 0 Å². The summed E-state index contributed by atoms with van der Waals surface area (Å²) in [6.45, 7) is 3.98. The van der Waals surface area contributed by atoms with E-state index in [4.69, 9.17) is 0 Å². The van der Waals surface area contributed by atoms with E-state index >= 15 is 0 Å². The van der Waals surface area contributed by atoms with Crippen molar-refractivity contribution in [1.29, 1.82) is 0 Å². The predicted octanol–water partition coefficient (Wildman–Crippen LogP) is 2.86. The lowest BCUT2D eigenvalue weighted by Crippen LogP contribution is -2.46. The summed E-state index contributed by atoms with van der Waals surface area (Å²) < 4.78 is 40.0. The number of aliphatic imine (C=N–C) groups is 1. The fourth-order valence-electron chi connectivity index (χ4n) is 2.79. The average Bonchev–Trinajstić information content (AvgIpc) is 2.81. The van der Waals surface area contributed by atoms with Crippen molar-refractivity contribution in [3.8, 4) is 0 Å². The first-order chi connectivity index (χ1) is 10.3. The summed E-state index contributed by atoms with van der Waals surface area (Å²) in [4.78, 5) is 6.28. The van der Waals surface area contributed by atoms with E-state index in [-0.39, 0.29) is 36.1 Å². The Morgan fingerprint density at radius 3 is 2.74 bits per heavy atom. The molecule has 0 amide bonds. The second-order valence-corrected chi connectivity index (χ2v) is 5.77. The maximum Gasteiger partial charge on any atom is 0.435 e. The number of aromatic nitrogens is 2. The summed E-state index contributed by atoms with van der Waals surface area (Å²) in [5, 5.41) is 6.53. The molecule has 1 fully saturated rings. The highest BCUT2D eigenvalue weighted by Gasteiger charge is 2.36. The van der Waals surface area contributed by atoms with Crippen LogP contribution in [0.25, 0.3) is 0 Å². The fourth-order valence-corrected chi connectivity index (χ4v) is 2.79. The molecule has 0 bridgehead atoms. The van der Waals surface area contributed by atoms with Crippen LogP contribution in [0.2, 0.25) is 0 Å². The van der Waals surface area contributed by atoms with Crippen LogP contribution in [0.3, 0.4) is 0 Å². The van der Waals surface area contributed by atoms with Crippen LogP contribution in [0.1, 0.15) is 31.0 Å². The van der Waals surface area contributed by atoms with Gasteiger partial charge >= 0.3 is 6.18 Å². The quantitative estimate of drug-likeness (QED) is 0.433. The van der Waals surface area contributed by atoms with Crippen molar-refractivity contribution in [3.63, 3.8) is 0 Å². The molecule has 1 atom stereocenters. The van der Waals surface area contributed by atoms with Crippen LogP contribution in [-0.4, -0.2) is 40.8 Å². The van der Waals surface area contributed by atoms with E-state index in [0.717, 1.165) is 19.5 Å². The lowest BCUT2D eigenvalue weighted by Gasteiger charge is -2.33. The smallest absolute Gasteiger partial charge is 0.352 e. The SMILES string of the molecule is CN=C(NCc1cn(C)nc1C(F)(F)F)N1CCCC(C)C1.I. The van der Waals surface area contributed by atoms with Gasteiger partial charge in [-0.15, -0.1) is 24.0 Å². The van der Waals surface area contributed by atoms with Gasteiger partial charge in [-0.25, -0.2) is 0 Å². The van der Waals surface area contributed by atoms with Crippen molar-refractivity contribution in [3.05, 3.63) is 17.5 Å². The van der Waals surface area contributed by atoms with Gasteiger partial charge in [0.2, 0.25) is 0 Å². The molecule has 1 aliphatic heterocycles. The van der Waals surface area contributed by atoms with Crippen LogP contribution in [-0.2, 0) is 19.8 Å². The van der Waals surface area contributed by atoms with Crippen molar-refractivity contribution in [2.75, 3.05) is 20.1 Å². The Morgan fingerprint density at radius 1 is 1.48 bits per heavy atom. The second-order valence-electron chi connectivity index (χ2n) is 5.77. The minimum atomic E-state index is -4.44. The number of guanidine groups is 1. The maximum absolute atomic E-state index is 12.9. The molecule has 1 N–H and O–H groups in total. The number of hydrogen-bond donors (Lipinski definition) is 1. The third-order valence-electron chi connectivity index (χ3n) is 3.78. The zero-order chi connectivity index (χ0) is 16.3. The molecule has 9 heteroatoms. The largest absolute Gasteiger partial charge is 0.435 e. The van der Waals surface area contributed by atoms with Gasteiger partial charge in [0.15, 0.2) is 11.7 Å². The zero-order valence-electron chi connectivity index (χ0n) is 13.5. The predicted molar refractivity (Wildman–Crippen MR) is 93.8 cm³/mol. The zero-order valence-corrected chi connectivity index (χ0v) is 15.9. The standard InChI is InChI=1S/C14H22F3N5.HI/c1-10-5-4-6-22(8-10)13(18-2)19-7-11-9-21(3)20-12(11)14(15,16)17;/h9-10H,4-8H2,1-3H3,(H,18,19);1H. The summed E-state index contributed by atoms with van der Waals surface area (Å²) in [5.74, 6) is 1.21. The van der Waals surface area contributed by atoms with Crippen LogP contribution in [0.15, 0.2) is 11.2 Å². The molecule has 2 rings (SSSR count). The van der Waals surface area contributed by atoms with Crippen molar-refractivity contribution >= 4 is 29.9 Å². The number of aryl methyl sites for hydroxylation is 1. The number of halogens is 4. The molecule has 2 heterocycles. The molecule has 1 unspecified atom stereocenters. The summed E-state index contributed by atoms with van der Waals surface area (Å²) >= 11 is 0. The molecule has 0 spiro atoms. The van der Waals surface area contributed by atoms with Gasteiger partial charge in [-0.05, 0) is 18.8 Å². The molecule has 1 saturated heterocycles. The highest BCUT2D eigenvalue weighted by atomic mass is 127. The topological polar surface area (TPSA) is 45.5 Å². The van der Waals surface area contributed by atoms with E-state index in [1.807, 2.05) is 0 Å². The molecule has 1 aromatic rings. The fraction of sp³-hybridized carbons (Fsp3) is 0.714. The normalized spacial score (nSPS) is 19.5. The van der Waals surface area contributed by atoms with Crippen molar-refractivity contribution < 1.29 is 13.2 Å². The molecule has 1 aliphatic rings. The number of piperidine rings is 1. The molecule has 0 aromatic carbocycles. The van der Waals surface area contributed by atoms with E-state index in [9.17, 15) is 13.2 Å². The minimum Gasteiger partial charge on any atom is -0.352 e. The first-order valence-electron chi connectivity index (χ1n) is 7.36. The van der Waals surface area contributed by atoms with Gasteiger partial charge in [-0.1, -0.05) is 6.92 Å². The molecule has 23 heavy (non-hydrogen) atoms. The lowest BCUT2D eigenvalue weighted by atomic mass is 10.0. The Kier molecular flexibility index (Phi) is 7.15. The Balaban J connectivity index is 0.00000264. The van der Waals surface area contributed by atoms with Gasteiger partial charge in [-0.3, -0.25) is 9.67 Å². The number of hydrogen-bond acceptors (Lipinski definition) is 2. The van der Waals surface area contributed by atoms with Gasteiger partial charge in [0, 0.05) is 45.5 Å². The molecule has 132 valence electrons. The molecule has 1 aromatic heterocycles. The maximum atomic E-state index is 12.9. The van der Waals surface area contributed by atoms with Crippen molar-refractivity contribution in [1.82, 2.24) is 20.0 Å². The molecular weight excluding hydrogens is 422 g/mol. The average molecular weight is 445 g/mol. The third-order valence-corrected chi connectivity index (χ3v) is 3.78. The minimum absolute atomic E-state index is 0. The number of nitrogens with zero attached hydrogens (tertiary/aromatic N) is 4. The van der Waals surface area contributed by atoms with Gasteiger partial charge in [0.1, 0.15) is 0 Å². The summed E-state index contributed by atoms with van der Waals surface area (Å²) in [6.07, 6.45) is -0.805. The molecule has 0 radical (unpaired) electrons. The van der Waals surface area contributed by atoms with Gasteiger partial charge in [-0.2, -0.15) is 18.3 Å². The highest BCUT2D eigenvalue weighted by molar-refractivity contribution is 14.0. The van der Waals surface area contributed by atoms with E-state index < -0.39 is 11.9 Å². The first-order valence-corrected chi connectivity index (χ1v) is 7.36. The Bertz CT molecular complexity index is 541. The Labute approximate surface area is 151 Å². The van der Waals surface area contributed by atoms with Crippen LogP contribution in [0.4, 0.5) is 13.2 Å². The number of likely N-dealkylation sites (tertiary alicyclic amines) is 1. The summed E-state index contributed by atoms with van der Waals surface area (Å²) in [5.41, 5.74) is -0.717. The number of nitrogens with one attached hydrogen (secondary N) is 1. The van der Waals surface area contributed by atoms with Crippen molar-refractivity contribution in [2.45, 2.75) is 32.5 Å². The number of alkyl halides is 3. The number of rotatable bonds is 2. The van der Waals surface area contributed by atoms with E-state index in [1.54, 1.807) is 7.05 Å². The van der Waals surface area contributed by atoms with Crippen LogP contribution in [0, 0.1) is 5.92 Å². The first kappa shape index (κ1) is 20.0. The van der Waals surface area contributed by atoms with Crippen LogP contribution < -0.4 is 5.32 Å². The van der Waals surface area contributed by atoms with Crippen LogP contribution in [0.5, 0.6) is 0 Å². The van der Waals surface area contributed by atoms with Gasteiger partial charge < -0.3 is 10.2 Å². The van der Waals surface area contributed by atoms with Gasteiger partial charge in [0.25, 0.3) is 0 Å². The summed E-state index contributed by atoms with van der Waals surface area (Å²) in [6, 6.07) is 0. The molecule has 5 nitrogen and oxygen atoms in total. The van der Waals surface area contributed by atoms with Crippen molar-refractivity contribution in [2.24, 2.45) is 18.0 Å². The Morgan fingerprint density at radius 2 is 2.17 bits per heavy atom.